The third kappa shape index (κ3) is 2.32. The molecule has 0 radical (unpaired) electrons. The first-order chi connectivity index (χ1) is 8.74. The maximum absolute atomic E-state index is 6.35. The lowest BCUT2D eigenvalue weighted by Crippen LogP contribution is -2.52. The molecule has 1 aromatic carbocycles. The molecule has 2 aliphatic rings. The summed E-state index contributed by atoms with van der Waals surface area (Å²) in [6, 6.07) is 9.85. The van der Waals surface area contributed by atoms with E-state index in [1.54, 1.807) is 0 Å². The van der Waals surface area contributed by atoms with Gasteiger partial charge in [-0.25, -0.2) is 0 Å². The molecule has 0 unspecified atom stereocenters. The van der Waals surface area contributed by atoms with E-state index in [0.717, 1.165) is 12.5 Å². The van der Waals surface area contributed by atoms with Crippen LogP contribution in [0.4, 0.5) is 0 Å². The molecule has 0 amide bonds. The van der Waals surface area contributed by atoms with Gasteiger partial charge in [0.2, 0.25) is 0 Å². The van der Waals surface area contributed by atoms with Gasteiger partial charge in [-0.15, -0.1) is 0 Å². The molecule has 2 N–H and O–H groups in total. The Morgan fingerprint density at radius 1 is 1.17 bits per heavy atom. The molecular formula is C16H24N2. The molecule has 1 aromatic rings. The van der Waals surface area contributed by atoms with Gasteiger partial charge in [-0.3, -0.25) is 4.90 Å². The highest BCUT2D eigenvalue weighted by atomic mass is 15.2. The normalized spacial score (nSPS) is 33.1. The summed E-state index contributed by atoms with van der Waals surface area (Å²) < 4.78 is 0. The predicted octanol–water partition coefficient (Wildman–Crippen LogP) is 2.56. The van der Waals surface area contributed by atoms with Crippen molar-refractivity contribution in [1.82, 2.24) is 4.90 Å². The van der Waals surface area contributed by atoms with Crippen LogP contribution in [-0.4, -0.2) is 23.5 Å². The summed E-state index contributed by atoms with van der Waals surface area (Å²) in [5.41, 5.74) is 9.39. The molecule has 1 heterocycles. The highest BCUT2D eigenvalue weighted by Gasteiger charge is 2.32. The molecule has 3 rings (SSSR count). The molecule has 1 saturated carbocycles. The van der Waals surface area contributed by atoms with Crippen molar-refractivity contribution in [2.75, 3.05) is 6.54 Å². The van der Waals surface area contributed by atoms with Crippen LogP contribution in [0.2, 0.25) is 0 Å². The van der Waals surface area contributed by atoms with Crippen LogP contribution in [0.5, 0.6) is 0 Å². The van der Waals surface area contributed by atoms with Crippen molar-refractivity contribution in [1.29, 1.82) is 0 Å². The van der Waals surface area contributed by atoms with E-state index < -0.39 is 0 Å². The maximum atomic E-state index is 6.35. The standard InChI is InChI=1S/C16H24N2/c1-12-6-7-15(17)16(10-12)18-9-8-13-4-2-3-5-14(13)11-18/h2-5,12,15-16H,6-11,17H2,1H3/t12-,15-,16+/m1/s1. The van der Waals surface area contributed by atoms with E-state index in [-0.39, 0.29) is 0 Å². The molecule has 3 atom stereocenters. The molecule has 0 spiro atoms. The molecule has 0 bridgehead atoms. The van der Waals surface area contributed by atoms with E-state index in [9.17, 15) is 0 Å². The zero-order chi connectivity index (χ0) is 12.5. The first kappa shape index (κ1) is 12.2. The topological polar surface area (TPSA) is 29.3 Å². The molecule has 1 fully saturated rings. The van der Waals surface area contributed by atoms with E-state index in [4.69, 9.17) is 5.73 Å². The Kier molecular flexibility index (Phi) is 3.40. The van der Waals surface area contributed by atoms with Crippen LogP contribution in [0.15, 0.2) is 24.3 Å². The molecule has 0 aromatic heterocycles. The van der Waals surface area contributed by atoms with Gasteiger partial charge in [-0.05, 0) is 42.7 Å². The van der Waals surface area contributed by atoms with Crippen LogP contribution in [0.3, 0.4) is 0 Å². The Morgan fingerprint density at radius 3 is 2.78 bits per heavy atom. The quantitative estimate of drug-likeness (QED) is 0.822. The van der Waals surface area contributed by atoms with Crippen molar-refractivity contribution in [3.63, 3.8) is 0 Å². The molecule has 1 aliphatic heterocycles. The van der Waals surface area contributed by atoms with Gasteiger partial charge in [-0.2, -0.15) is 0 Å². The van der Waals surface area contributed by atoms with E-state index in [1.807, 2.05) is 0 Å². The zero-order valence-electron chi connectivity index (χ0n) is 11.3. The van der Waals surface area contributed by atoms with Gasteiger partial charge in [0.05, 0.1) is 0 Å². The third-order valence-electron chi connectivity index (χ3n) is 4.76. The monoisotopic (exact) mass is 244 g/mol. The van der Waals surface area contributed by atoms with Crippen LogP contribution >= 0.6 is 0 Å². The summed E-state index contributed by atoms with van der Waals surface area (Å²) in [4.78, 5) is 2.63. The molecule has 2 heteroatoms. The molecule has 98 valence electrons. The second kappa shape index (κ2) is 5.02. The Hall–Kier alpha value is -0.860. The van der Waals surface area contributed by atoms with Crippen LogP contribution < -0.4 is 5.73 Å². The minimum atomic E-state index is 0.381. The number of hydrogen-bond donors (Lipinski definition) is 1. The molecular weight excluding hydrogens is 220 g/mol. The van der Waals surface area contributed by atoms with E-state index in [1.165, 1.54) is 43.4 Å². The third-order valence-corrected chi connectivity index (χ3v) is 4.76. The highest BCUT2D eigenvalue weighted by molar-refractivity contribution is 5.29. The number of nitrogens with two attached hydrogens (primary N) is 1. The highest BCUT2D eigenvalue weighted by Crippen LogP contribution is 2.30. The molecule has 1 aliphatic carbocycles. The van der Waals surface area contributed by atoms with E-state index >= 15 is 0 Å². The Balaban J connectivity index is 1.75. The van der Waals surface area contributed by atoms with Crippen molar-refractivity contribution < 1.29 is 0 Å². The minimum Gasteiger partial charge on any atom is -0.326 e. The van der Waals surface area contributed by atoms with Crippen LogP contribution in [0.1, 0.15) is 37.3 Å². The molecule has 0 saturated heterocycles. The zero-order valence-corrected chi connectivity index (χ0v) is 11.3. The first-order valence-electron chi connectivity index (χ1n) is 7.30. The van der Waals surface area contributed by atoms with Crippen molar-refractivity contribution in [3.05, 3.63) is 35.4 Å². The van der Waals surface area contributed by atoms with Crippen LogP contribution in [0.25, 0.3) is 0 Å². The van der Waals surface area contributed by atoms with Gasteiger partial charge in [0.25, 0.3) is 0 Å². The largest absolute Gasteiger partial charge is 0.326 e. The van der Waals surface area contributed by atoms with E-state index in [2.05, 4.69) is 36.1 Å². The summed E-state index contributed by atoms with van der Waals surface area (Å²) in [6.45, 7) is 4.65. The number of rotatable bonds is 1. The molecule has 2 nitrogen and oxygen atoms in total. The van der Waals surface area contributed by atoms with Crippen LogP contribution in [0, 0.1) is 5.92 Å². The lowest BCUT2D eigenvalue weighted by atomic mass is 9.82. The number of fused-ring (bicyclic) bond motifs is 1. The van der Waals surface area contributed by atoms with Gasteiger partial charge in [-0.1, -0.05) is 31.2 Å². The van der Waals surface area contributed by atoms with E-state index in [0.29, 0.717) is 12.1 Å². The Morgan fingerprint density at radius 2 is 1.94 bits per heavy atom. The van der Waals surface area contributed by atoms with Gasteiger partial charge in [0.1, 0.15) is 0 Å². The smallest absolute Gasteiger partial charge is 0.0253 e. The van der Waals surface area contributed by atoms with Crippen LogP contribution in [-0.2, 0) is 13.0 Å². The Labute approximate surface area is 110 Å². The fourth-order valence-electron chi connectivity index (χ4n) is 3.59. The average Bonchev–Trinajstić information content (AvgIpc) is 2.41. The summed E-state index contributed by atoms with van der Waals surface area (Å²) in [5.74, 6) is 0.840. The minimum absolute atomic E-state index is 0.381. The lowest BCUT2D eigenvalue weighted by Gasteiger charge is -2.42. The maximum Gasteiger partial charge on any atom is 0.0253 e. The van der Waals surface area contributed by atoms with Gasteiger partial charge in [0.15, 0.2) is 0 Å². The SMILES string of the molecule is C[C@@H]1CC[C@@H](N)[C@@H](N2CCc3ccccc3C2)C1. The Bertz CT molecular complexity index is 415. The van der Waals surface area contributed by atoms with Crippen molar-refractivity contribution in [3.8, 4) is 0 Å². The first-order valence-corrected chi connectivity index (χ1v) is 7.30. The number of hydrogen-bond acceptors (Lipinski definition) is 2. The van der Waals surface area contributed by atoms with Crippen molar-refractivity contribution in [2.24, 2.45) is 11.7 Å². The fraction of sp³-hybridized carbons (Fsp3) is 0.625. The lowest BCUT2D eigenvalue weighted by molar-refractivity contribution is 0.104. The summed E-state index contributed by atoms with van der Waals surface area (Å²) in [5, 5.41) is 0. The summed E-state index contributed by atoms with van der Waals surface area (Å²) in [7, 11) is 0. The van der Waals surface area contributed by atoms with Crippen molar-refractivity contribution >= 4 is 0 Å². The summed E-state index contributed by atoms with van der Waals surface area (Å²) in [6.07, 6.45) is 4.98. The second-order valence-electron chi connectivity index (χ2n) is 6.14. The molecule has 18 heavy (non-hydrogen) atoms. The number of benzene rings is 1. The van der Waals surface area contributed by atoms with Gasteiger partial charge >= 0.3 is 0 Å². The fourth-order valence-corrected chi connectivity index (χ4v) is 3.59. The van der Waals surface area contributed by atoms with Gasteiger partial charge < -0.3 is 5.73 Å². The average molecular weight is 244 g/mol. The summed E-state index contributed by atoms with van der Waals surface area (Å²) >= 11 is 0. The second-order valence-corrected chi connectivity index (χ2v) is 6.14. The van der Waals surface area contributed by atoms with Gasteiger partial charge in [0, 0.05) is 25.2 Å². The number of nitrogens with zero attached hydrogens (tertiary/aromatic N) is 1. The van der Waals surface area contributed by atoms with Crippen molar-refractivity contribution in [2.45, 2.75) is 51.2 Å². The predicted molar refractivity (Wildman–Crippen MR) is 75.3 cm³/mol.